The van der Waals surface area contributed by atoms with Crippen LogP contribution in [-0.2, 0) is 0 Å². The molecule has 0 unspecified atom stereocenters. The van der Waals surface area contributed by atoms with Gasteiger partial charge in [0.15, 0.2) is 0 Å². The smallest absolute Gasteiger partial charge is 0.317 e. The predicted octanol–water partition coefficient (Wildman–Crippen LogP) is 2.14. The first-order valence-electron chi connectivity index (χ1n) is 10.1. The van der Waals surface area contributed by atoms with Crippen molar-refractivity contribution in [2.75, 3.05) is 45.8 Å². The summed E-state index contributed by atoms with van der Waals surface area (Å²) < 4.78 is 0. The van der Waals surface area contributed by atoms with Crippen molar-refractivity contribution in [1.29, 1.82) is 0 Å². The van der Waals surface area contributed by atoms with E-state index < -0.39 is 0 Å². The lowest BCUT2D eigenvalue weighted by Gasteiger charge is -2.42. The van der Waals surface area contributed by atoms with E-state index in [1.54, 1.807) is 0 Å². The molecule has 2 amide bonds. The molecular weight excluding hydrogens is 300 g/mol. The van der Waals surface area contributed by atoms with Crippen LogP contribution in [0.1, 0.15) is 46.0 Å². The van der Waals surface area contributed by atoms with Gasteiger partial charge in [-0.2, -0.15) is 0 Å². The normalized spacial score (nSPS) is 32.3. The van der Waals surface area contributed by atoms with Crippen LogP contribution in [0, 0.1) is 17.8 Å². The van der Waals surface area contributed by atoms with Crippen LogP contribution in [0.3, 0.4) is 0 Å². The summed E-state index contributed by atoms with van der Waals surface area (Å²) in [6.07, 6.45) is 6.66. The summed E-state index contributed by atoms with van der Waals surface area (Å²) >= 11 is 0. The molecule has 0 spiro atoms. The number of hydrogen-bond donors (Lipinski definition) is 2. The largest absolute Gasteiger partial charge is 0.338 e. The molecule has 138 valence electrons. The molecule has 2 N–H and O–H groups in total. The number of piperazine rings is 1. The Morgan fingerprint density at radius 1 is 1.08 bits per heavy atom. The number of carbonyl (C=O) groups excluding carboxylic acids is 1. The fourth-order valence-electron chi connectivity index (χ4n) is 4.66. The number of amides is 2. The van der Waals surface area contributed by atoms with Crippen LogP contribution in [0.4, 0.5) is 4.79 Å². The molecule has 0 aromatic rings. The fraction of sp³-hybridized carbons (Fsp3) is 0.947. The average molecular weight is 337 g/mol. The highest BCUT2D eigenvalue weighted by Crippen LogP contribution is 2.32. The van der Waals surface area contributed by atoms with Gasteiger partial charge >= 0.3 is 6.03 Å². The topological polar surface area (TPSA) is 47.6 Å². The van der Waals surface area contributed by atoms with Crippen LogP contribution in [0.25, 0.3) is 0 Å². The second-order valence-electron chi connectivity index (χ2n) is 8.38. The van der Waals surface area contributed by atoms with Crippen LogP contribution < -0.4 is 10.6 Å². The molecule has 0 aromatic carbocycles. The van der Waals surface area contributed by atoms with Crippen LogP contribution in [0.15, 0.2) is 0 Å². The van der Waals surface area contributed by atoms with E-state index in [9.17, 15) is 4.79 Å². The lowest BCUT2D eigenvalue weighted by atomic mass is 9.79. The number of hydrogen-bond acceptors (Lipinski definition) is 3. The molecule has 24 heavy (non-hydrogen) atoms. The average Bonchev–Trinajstić information content (AvgIpc) is 3.13. The van der Waals surface area contributed by atoms with Crippen LogP contribution in [-0.4, -0.2) is 67.7 Å². The maximum absolute atomic E-state index is 12.3. The van der Waals surface area contributed by atoms with Gasteiger partial charge in [-0.15, -0.1) is 0 Å². The van der Waals surface area contributed by atoms with E-state index in [2.05, 4.69) is 29.4 Å². The molecule has 2 saturated heterocycles. The SMILES string of the molecule is CC(C)C1CCC(N2CCN(C(=O)NC[C@H]3CCNC3)CC2)CC1. The molecule has 1 aliphatic carbocycles. The summed E-state index contributed by atoms with van der Waals surface area (Å²) in [5.41, 5.74) is 0. The summed E-state index contributed by atoms with van der Waals surface area (Å²) in [6, 6.07) is 0.903. The Balaban J connectivity index is 1.35. The molecule has 1 atom stereocenters. The van der Waals surface area contributed by atoms with Crippen LogP contribution in [0.2, 0.25) is 0 Å². The number of nitrogens with one attached hydrogen (secondary N) is 2. The van der Waals surface area contributed by atoms with Gasteiger partial charge in [0, 0.05) is 38.8 Å². The Morgan fingerprint density at radius 3 is 2.38 bits per heavy atom. The van der Waals surface area contributed by atoms with Crippen molar-refractivity contribution in [3.63, 3.8) is 0 Å². The highest BCUT2D eigenvalue weighted by Gasteiger charge is 2.30. The first-order valence-corrected chi connectivity index (χ1v) is 10.1. The third kappa shape index (κ3) is 4.63. The fourth-order valence-corrected chi connectivity index (χ4v) is 4.66. The number of urea groups is 1. The van der Waals surface area contributed by atoms with Gasteiger partial charge in [-0.25, -0.2) is 4.79 Å². The molecule has 0 aromatic heterocycles. The maximum Gasteiger partial charge on any atom is 0.317 e. The second kappa shape index (κ2) is 8.52. The summed E-state index contributed by atoms with van der Waals surface area (Å²) in [6.45, 7) is 11.6. The monoisotopic (exact) mass is 336 g/mol. The zero-order valence-corrected chi connectivity index (χ0v) is 15.6. The molecule has 0 bridgehead atoms. The van der Waals surface area contributed by atoms with Gasteiger partial charge in [-0.05, 0) is 62.9 Å². The Labute approximate surface area is 147 Å². The summed E-state index contributed by atoms with van der Waals surface area (Å²) in [5, 5.41) is 6.49. The molecule has 5 nitrogen and oxygen atoms in total. The van der Waals surface area contributed by atoms with E-state index in [-0.39, 0.29) is 6.03 Å². The van der Waals surface area contributed by atoms with Gasteiger partial charge in [-0.3, -0.25) is 4.90 Å². The quantitative estimate of drug-likeness (QED) is 0.827. The van der Waals surface area contributed by atoms with E-state index >= 15 is 0 Å². The highest BCUT2D eigenvalue weighted by atomic mass is 16.2. The first kappa shape index (κ1) is 18.0. The molecule has 3 fully saturated rings. The summed E-state index contributed by atoms with van der Waals surface area (Å²) in [5.74, 6) is 2.38. The third-order valence-electron chi connectivity index (χ3n) is 6.51. The molecular formula is C19H36N4O. The Morgan fingerprint density at radius 2 is 1.79 bits per heavy atom. The van der Waals surface area contributed by atoms with Crippen molar-refractivity contribution in [2.45, 2.75) is 52.0 Å². The van der Waals surface area contributed by atoms with Crippen LogP contribution in [0.5, 0.6) is 0 Å². The minimum Gasteiger partial charge on any atom is -0.338 e. The first-order chi connectivity index (χ1) is 11.6. The maximum atomic E-state index is 12.3. The predicted molar refractivity (Wildman–Crippen MR) is 98.1 cm³/mol. The zero-order chi connectivity index (χ0) is 16.9. The van der Waals surface area contributed by atoms with Crippen molar-refractivity contribution in [1.82, 2.24) is 20.4 Å². The minimum absolute atomic E-state index is 0.144. The highest BCUT2D eigenvalue weighted by molar-refractivity contribution is 5.74. The van der Waals surface area contributed by atoms with Crippen molar-refractivity contribution < 1.29 is 4.79 Å². The van der Waals surface area contributed by atoms with Crippen molar-refractivity contribution in [2.24, 2.45) is 17.8 Å². The second-order valence-corrected chi connectivity index (χ2v) is 8.38. The number of nitrogens with zero attached hydrogens (tertiary/aromatic N) is 2. The van der Waals surface area contributed by atoms with Gasteiger partial charge in [0.25, 0.3) is 0 Å². The Hall–Kier alpha value is -0.810. The van der Waals surface area contributed by atoms with E-state index in [0.29, 0.717) is 5.92 Å². The van der Waals surface area contributed by atoms with Gasteiger partial charge in [-0.1, -0.05) is 13.8 Å². The van der Waals surface area contributed by atoms with E-state index in [0.717, 1.165) is 63.7 Å². The molecule has 0 radical (unpaired) electrons. The summed E-state index contributed by atoms with van der Waals surface area (Å²) in [7, 11) is 0. The lowest BCUT2D eigenvalue weighted by molar-refractivity contribution is 0.0757. The van der Waals surface area contributed by atoms with Gasteiger partial charge in [0.1, 0.15) is 0 Å². The molecule has 3 rings (SSSR count). The molecule has 3 aliphatic rings. The molecule has 2 aliphatic heterocycles. The molecule has 2 heterocycles. The van der Waals surface area contributed by atoms with Gasteiger partial charge < -0.3 is 15.5 Å². The van der Waals surface area contributed by atoms with Crippen LogP contribution >= 0.6 is 0 Å². The lowest BCUT2D eigenvalue weighted by Crippen LogP contribution is -2.55. The Kier molecular flexibility index (Phi) is 6.39. The van der Waals surface area contributed by atoms with Crippen molar-refractivity contribution >= 4 is 6.03 Å². The third-order valence-corrected chi connectivity index (χ3v) is 6.51. The standard InChI is InChI=1S/C19H36N4O/c1-15(2)17-3-5-18(6-4-17)22-9-11-23(12-10-22)19(24)21-14-16-7-8-20-13-16/h15-18,20H,3-14H2,1-2H3,(H,21,24)/t16-,17?,18?/m0/s1. The Bertz CT molecular complexity index is 392. The van der Waals surface area contributed by atoms with Gasteiger partial charge in [0.2, 0.25) is 0 Å². The van der Waals surface area contributed by atoms with E-state index in [1.807, 2.05) is 4.90 Å². The number of rotatable bonds is 4. The summed E-state index contributed by atoms with van der Waals surface area (Å²) in [4.78, 5) is 17.0. The molecule has 1 saturated carbocycles. The molecule has 5 heteroatoms. The van der Waals surface area contributed by atoms with Crippen molar-refractivity contribution in [3.05, 3.63) is 0 Å². The van der Waals surface area contributed by atoms with Crippen molar-refractivity contribution in [3.8, 4) is 0 Å². The van der Waals surface area contributed by atoms with E-state index in [1.165, 1.54) is 32.1 Å². The minimum atomic E-state index is 0.144. The van der Waals surface area contributed by atoms with E-state index in [4.69, 9.17) is 0 Å². The number of carbonyl (C=O) groups is 1. The zero-order valence-electron chi connectivity index (χ0n) is 15.6. The van der Waals surface area contributed by atoms with Gasteiger partial charge in [0.05, 0.1) is 0 Å².